The minimum atomic E-state index is -3.15. The molecule has 3 unspecified atom stereocenters. The number of halogens is 1. The van der Waals surface area contributed by atoms with E-state index in [1.807, 2.05) is 72.8 Å². The molecule has 0 aliphatic carbocycles. The number of nitrogens with two attached hydrogens (primary N) is 1. The second-order valence-electron chi connectivity index (χ2n) is 21.0. The predicted octanol–water partition coefficient (Wildman–Crippen LogP) is 7.70. The number of amides is 2. The van der Waals surface area contributed by atoms with Gasteiger partial charge in [0.05, 0.1) is 29.7 Å². The number of oxime groups is 1. The molecule has 0 bridgehead atoms. The number of anilines is 1. The summed E-state index contributed by atoms with van der Waals surface area (Å²) in [6.45, 7) is 20.7. The average molecular weight is 1020 g/mol. The van der Waals surface area contributed by atoms with Crippen LogP contribution in [0.2, 0.25) is 0 Å². The Morgan fingerprint density at radius 2 is 1.75 bits per heavy atom. The number of ketones is 1. The summed E-state index contributed by atoms with van der Waals surface area (Å²) in [5.74, 6) is -5.77. The number of hydrogen-bond donors (Lipinski definition) is 4. The molecule has 2 aromatic heterocycles. The number of aromatic nitrogens is 2. The van der Waals surface area contributed by atoms with Gasteiger partial charge in [-0.05, 0) is 116 Å². The van der Waals surface area contributed by atoms with Crippen LogP contribution in [0, 0.1) is 35.5 Å². The van der Waals surface area contributed by atoms with Gasteiger partial charge in [-0.1, -0.05) is 73.5 Å². The van der Waals surface area contributed by atoms with Gasteiger partial charge in [-0.15, -0.1) is 11.3 Å². The van der Waals surface area contributed by atoms with Crippen LogP contribution in [0.1, 0.15) is 140 Å². The maximum absolute atomic E-state index is 17.0. The van der Waals surface area contributed by atoms with Gasteiger partial charge in [-0.3, -0.25) is 14.4 Å². The summed E-state index contributed by atoms with van der Waals surface area (Å²) in [5.41, 5.74) is 3.38. The fraction of sp³-hybridized carbons (Fsp3) is 0.731. The third-order valence-corrected chi connectivity index (χ3v) is 14.9. The number of thiazole rings is 1. The minimum absolute atomic E-state index is 0.0147. The number of pyridine rings is 1. The van der Waals surface area contributed by atoms with Crippen molar-refractivity contribution in [1.29, 1.82) is 0 Å². The predicted molar refractivity (Wildman–Crippen MR) is 273 cm³/mol. The molecular weight excluding hydrogens is 934 g/mol. The number of carbonyl (C=O) groups is 4. The molecule has 4 rings (SSSR count). The fourth-order valence-corrected chi connectivity index (χ4v) is 10.6. The van der Waals surface area contributed by atoms with E-state index in [1.165, 1.54) is 25.2 Å². The topological polar surface area (TPSA) is 237 Å². The van der Waals surface area contributed by atoms with E-state index >= 15 is 4.39 Å². The Balaban J connectivity index is 1.75. The second kappa shape index (κ2) is 26.2. The number of aliphatic hydroxyl groups excluding tert-OH is 1. The average Bonchev–Trinajstić information content (AvgIpc) is 3.78. The summed E-state index contributed by atoms with van der Waals surface area (Å²) < 4.78 is 35.5. The molecule has 2 saturated heterocycles. The molecule has 71 heavy (non-hydrogen) atoms. The minimum Gasteiger partial charge on any atom is -0.457 e. The number of cyclic esters (lactones) is 1. The standard InChI is InChI=1S/C52H82FN7O10S/c1-15-40-52(12,66)36(32(9)43(29(5)6)58-42(61)16-2)23-22-34(59-67-26-35-27-71-48(55-35)38-18-17-19-41(56-38)57-47(64)37(54)24-28(3)4)21-20-30(7)45(33(10)46(63)51(11,53)50(65)69-40)70-49-44(62)39(60(13)14)25-31(8)68-49/h17-19,27-33,36-37,39-40,44-45,49,62,66H,15-16,20-26,54H2,1-14H3,(H,56,57,64)/b58-43+,59-34-/t30?,31-,32-,33?,36-,37+,39?,40-,44-,45+,49+,51+,52+/m1/s1. The molecule has 2 fully saturated rings. The molecule has 13 atom stereocenters. The van der Waals surface area contributed by atoms with Crippen LogP contribution in [0.25, 0.3) is 10.7 Å². The first-order valence-electron chi connectivity index (χ1n) is 25.3. The van der Waals surface area contributed by atoms with E-state index in [2.05, 4.69) is 20.4 Å². The Kier molecular flexibility index (Phi) is 21.9. The molecule has 19 heteroatoms. The van der Waals surface area contributed by atoms with Gasteiger partial charge >= 0.3 is 5.97 Å². The molecule has 0 aromatic carbocycles. The van der Waals surface area contributed by atoms with Crippen LogP contribution in [0.3, 0.4) is 0 Å². The highest BCUT2D eigenvalue weighted by Gasteiger charge is 2.53. The highest BCUT2D eigenvalue weighted by atomic mass is 32.1. The molecule has 0 spiro atoms. The van der Waals surface area contributed by atoms with Crippen LogP contribution < -0.4 is 11.1 Å². The molecule has 17 nitrogen and oxygen atoms in total. The summed E-state index contributed by atoms with van der Waals surface area (Å²) in [6.07, 6.45) is -2.46. The Hall–Kier alpha value is -4.11. The highest BCUT2D eigenvalue weighted by molar-refractivity contribution is 7.13. The van der Waals surface area contributed by atoms with Crippen molar-refractivity contribution in [3.63, 3.8) is 0 Å². The number of ether oxygens (including phenoxy) is 3. The molecule has 2 aromatic rings. The van der Waals surface area contributed by atoms with Crippen molar-refractivity contribution in [3.8, 4) is 10.7 Å². The molecule has 2 aliphatic heterocycles. The number of alkyl halides is 1. The van der Waals surface area contributed by atoms with E-state index in [0.29, 0.717) is 59.3 Å². The Bertz CT molecular complexity index is 2160. The molecule has 0 saturated carbocycles. The molecule has 398 valence electrons. The van der Waals surface area contributed by atoms with Crippen molar-refractivity contribution in [3.05, 3.63) is 29.3 Å². The van der Waals surface area contributed by atoms with Gasteiger partial charge in [0, 0.05) is 35.4 Å². The fourth-order valence-electron chi connectivity index (χ4n) is 9.80. The van der Waals surface area contributed by atoms with Gasteiger partial charge in [-0.2, -0.15) is 0 Å². The lowest BCUT2D eigenvalue weighted by Gasteiger charge is -2.44. The van der Waals surface area contributed by atoms with Gasteiger partial charge < -0.3 is 45.2 Å². The number of nitrogens with one attached hydrogen (secondary N) is 1. The quantitative estimate of drug-likeness (QED) is 0.0546. The van der Waals surface area contributed by atoms with Crippen molar-refractivity contribution >= 4 is 52.1 Å². The zero-order valence-corrected chi connectivity index (χ0v) is 45.3. The molecule has 2 amide bonds. The van der Waals surface area contributed by atoms with E-state index < -0.39 is 77.3 Å². The molecule has 0 radical (unpaired) electrons. The zero-order valence-electron chi connectivity index (χ0n) is 44.4. The van der Waals surface area contributed by atoms with Crippen molar-refractivity contribution in [2.24, 2.45) is 51.4 Å². The third-order valence-electron chi connectivity index (χ3n) is 14.0. The molecule has 4 heterocycles. The largest absolute Gasteiger partial charge is 0.457 e. The van der Waals surface area contributed by atoms with Crippen LogP contribution in [0.5, 0.6) is 0 Å². The molecule has 2 aliphatic rings. The van der Waals surface area contributed by atoms with Crippen molar-refractivity contribution in [2.75, 3.05) is 19.4 Å². The normalized spacial score (nSPS) is 31.3. The van der Waals surface area contributed by atoms with Crippen molar-refractivity contribution in [1.82, 2.24) is 14.9 Å². The van der Waals surface area contributed by atoms with Gasteiger partial charge in [0.2, 0.25) is 11.8 Å². The monoisotopic (exact) mass is 1020 g/mol. The number of aliphatic hydroxyl groups is 2. The van der Waals surface area contributed by atoms with E-state index in [1.54, 1.807) is 32.0 Å². The smallest absolute Gasteiger partial charge is 0.351 e. The highest BCUT2D eigenvalue weighted by Crippen LogP contribution is 2.40. The lowest BCUT2D eigenvalue weighted by Crippen LogP contribution is -2.57. The lowest BCUT2D eigenvalue weighted by atomic mass is 9.70. The Morgan fingerprint density at radius 1 is 1.07 bits per heavy atom. The van der Waals surface area contributed by atoms with Crippen LogP contribution in [-0.4, -0.2) is 128 Å². The summed E-state index contributed by atoms with van der Waals surface area (Å²) in [5, 5.41) is 34.0. The van der Waals surface area contributed by atoms with Crippen LogP contribution in [0.4, 0.5) is 10.2 Å². The van der Waals surface area contributed by atoms with Crippen LogP contribution in [-0.2, 0) is 44.8 Å². The number of aliphatic imine (C=N–C) groups is 1. The van der Waals surface area contributed by atoms with Gasteiger partial charge in [0.1, 0.15) is 34.3 Å². The first-order valence-corrected chi connectivity index (χ1v) is 26.2. The number of esters is 1. The third kappa shape index (κ3) is 15.7. The summed E-state index contributed by atoms with van der Waals surface area (Å²) in [7, 11) is 3.69. The van der Waals surface area contributed by atoms with E-state index in [4.69, 9.17) is 29.8 Å². The first-order chi connectivity index (χ1) is 33.2. The number of rotatable bonds is 16. The summed E-state index contributed by atoms with van der Waals surface area (Å²) >= 11 is 1.35. The van der Waals surface area contributed by atoms with Crippen LogP contribution in [0.15, 0.2) is 33.7 Å². The van der Waals surface area contributed by atoms with E-state index in [-0.39, 0.29) is 68.1 Å². The molecule has 5 N–H and O–H groups in total. The van der Waals surface area contributed by atoms with Gasteiger partial charge in [-0.25, -0.2) is 24.1 Å². The summed E-state index contributed by atoms with van der Waals surface area (Å²) in [6, 6.07) is 4.24. The van der Waals surface area contributed by atoms with Gasteiger partial charge in [0.25, 0.3) is 5.67 Å². The maximum atomic E-state index is 17.0. The number of nitrogens with zero attached hydrogens (tertiary/aromatic N) is 5. The zero-order chi connectivity index (χ0) is 53.1. The maximum Gasteiger partial charge on any atom is 0.351 e. The number of likely N-dealkylation sites (N-methyl/N-ethyl adjacent to an activating group) is 1. The van der Waals surface area contributed by atoms with Gasteiger partial charge in [0.15, 0.2) is 18.7 Å². The lowest BCUT2D eigenvalue weighted by molar-refractivity contribution is -0.278. The van der Waals surface area contributed by atoms with E-state index in [9.17, 15) is 29.4 Å². The van der Waals surface area contributed by atoms with Crippen molar-refractivity contribution in [2.45, 2.75) is 195 Å². The number of hydrogen-bond acceptors (Lipinski definition) is 16. The molecular formula is C52H82FN7O10S. The number of carbonyl (C=O) groups excluding carboxylic acids is 4. The number of Topliss-reactive ketones (excluding diaryl/α,β-unsaturated/α-hetero) is 1. The first kappa shape index (κ1) is 59.5. The van der Waals surface area contributed by atoms with Crippen molar-refractivity contribution < 1.29 is 52.8 Å². The summed E-state index contributed by atoms with van der Waals surface area (Å²) in [4.78, 5) is 75.6. The van der Waals surface area contributed by atoms with E-state index in [0.717, 1.165) is 6.92 Å². The van der Waals surface area contributed by atoms with Crippen LogP contribution >= 0.6 is 11.3 Å². The Morgan fingerprint density at radius 3 is 2.37 bits per heavy atom. The second-order valence-corrected chi connectivity index (χ2v) is 21.8. The SMILES string of the molecule is CCC(=O)/N=C(\C(C)C)[C@H](C)[C@H]1CC/C(=N\OCc2csc(-c3cccc(NC(=O)[C@@H](N)CC(C)C)n3)n2)CCC(C)[C@H](O[C@@H]2O[C@H](C)CC(N(C)C)[C@H]2O)C(C)C(=O)[C@](C)(F)C(=O)O[C@H](CC)[C@@]1(C)O. The Labute approximate surface area is 424 Å².